The van der Waals surface area contributed by atoms with Crippen LogP contribution in [0.4, 0.5) is 5.69 Å². The fraction of sp³-hybridized carbons (Fsp3) is 0.120. The fourth-order valence-electron chi connectivity index (χ4n) is 3.65. The smallest absolute Gasteiger partial charge is 0.262 e. The molecule has 2 aromatic carbocycles. The maximum absolute atomic E-state index is 13.2. The number of nitrogens with one attached hydrogen (secondary N) is 2. The molecule has 0 saturated carbocycles. The molecular weight excluding hydrogens is 434 g/mol. The Morgan fingerprint density at radius 2 is 1.82 bits per heavy atom. The number of H-pyrrole nitrogens is 1. The number of aromatic nitrogens is 4. The molecular formula is C25H21N5O2S. The van der Waals surface area contributed by atoms with Crippen LogP contribution in [0.5, 0.6) is 0 Å². The molecule has 0 aliphatic heterocycles. The highest BCUT2D eigenvalue weighted by molar-refractivity contribution is 7.17. The summed E-state index contributed by atoms with van der Waals surface area (Å²) in [5.41, 5.74) is 4.52. The molecule has 0 unspecified atom stereocenters. The number of hydrogen-bond acceptors (Lipinski definition) is 5. The number of carbonyl (C=O) groups is 1. The third-order valence-corrected chi connectivity index (χ3v) is 6.33. The van der Waals surface area contributed by atoms with E-state index in [0.29, 0.717) is 15.9 Å². The largest absolute Gasteiger partial charge is 0.345 e. The molecule has 1 amide bonds. The van der Waals surface area contributed by atoms with Crippen LogP contribution in [0.15, 0.2) is 77.4 Å². The zero-order chi connectivity index (χ0) is 22.8. The number of imidazole rings is 1. The van der Waals surface area contributed by atoms with Crippen molar-refractivity contribution >= 4 is 33.1 Å². The number of amides is 1. The third kappa shape index (κ3) is 4.33. The molecule has 33 heavy (non-hydrogen) atoms. The molecule has 0 fully saturated rings. The Bertz CT molecular complexity index is 1470. The first kappa shape index (κ1) is 20.8. The number of fused-ring (bicyclic) bond motifs is 1. The highest BCUT2D eigenvalue weighted by Gasteiger charge is 2.14. The summed E-state index contributed by atoms with van der Waals surface area (Å²) in [4.78, 5) is 38.0. The average Bonchev–Trinajstić information content (AvgIpc) is 3.51. The number of nitrogens with zero attached hydrogens (tertiary/aromatic N) is 3. The van der Waals surface area contributed by atoms with Crippen molar-refractivity contribution in [2.24, 2.45) is 0 Å². The number of benzene rings is 2. The van der Waals surface area contributed by atoms with Crippen LogP contribution < -0.4 is 10.9 Å². The van der Waals surface area contributed by atoms with Gasteiger partial charge in [0.2, 0.25) is 5.91 Å². The van der Waals surface area contributed by atoms with Crippen LogP contribution in [0, 0.1) is 6.92 Å². The van der Waals surface area contributed by atoms with E-state index in [0.717, 1.165) is 28.1 Å². The molecule has 5 rings (SSSR count). The number of thiophene rings is 1. The van der Waals surface area contributed by atoms with Gasteiger partial charge in [0.25, 0.3) is 5.56 Å². The number of aromatic amines is 1. The maximum atomic E-state index is 13.2. The summed E-state index contributed by atoms with van der Waals surface area (Å²) >= 11 is 1.45. The Labute approximate surface area is 193 Å². The molecule has 0 saturated heterocycles. The zero-order valence-corrected chi connectivity index (χ0v) is 18.7. The lowest BCUT2D eigenvalue weighted by molar-refractivity contribution is -0.116. The van der Waals surface area contributed by atoms with Gasteiger partial charge in [0.05, 0.1) is 11.7 Å². The Morgan fingerprint density at radius 3 is 2.55 bits per heavy atom. The summed E-state index contributed by atoms with van der Waals surface area (Å²) in [5, 5.41) is 5.44. The highest BCUT2D eigenvalue weighted by Crippen LogP contribution is 2.30. The summed E-state index contributed by atoms with van der Waals surface area (Å²) < 4.78 is 1.51. The predicted octanol–water partition coefficient (Wildman–Crippen LogP) is 4.85. The number of aryl methyl sites for hydroxylation is 2. The summed E-state index contributed by atoms with van der Waals surface area (Å²) in [6.07, 6.45) is 5.14. The van der Waals surface area contributed by atoms with Gasteiger partial charge in [0, 0.05) is 47.6 Å². The minimum atomic E-state index is -0.170. The molecule has 5 aromatic rings. The van der Waals surface area contributed by atoms with E-state index in [4.69, 9.17) is 0 Å². The van der Waals surface area contributed by atoms with Crippen molar-refractivity contribution in [2.75, 3.05) is 5.32 Å². The number of hydrogen-bond donors (Lipinski definition) is 2. The van der Waals surface area contributed by atoms with Gasteiger partial charge < -0.3 is 10.3 Å². The lowest BCUT2D eigenvalue weighted by Crippen LogP contribution is -2.23. The Kier molecular flexibility index (Phi) is 5.58. The maximum Gasteiger partial charge on any atom is 0.262 e. The minimum absolute atomic E-state index is 0.132. The molecule has 0 aliphatic rings. The molecule has 0 atom stereocenters. The Morgan fingerprint density at radius 1 is 1.06 bits per heavy atom. The first-order valence-corrected chi connectivity index (χ1v) is 11.4. The lowest BCUT2D eigenvalue weighted by atomic mass is 10.1. The van der Waals surface area contributed by atoms with Crippen molar-refractivity contribution < 1.29 is 4.79 Å². The van der Waals surface area contributed by atoms with Gasteiger partial charge >= 0.3 is 0 Å². The quantitative estimate of drug-likeness (QED) is 0.383. The molecule has 0 bridgehead atoms. The molecule has 8 heteroatoms. The number of rotatable bonds is 6. The molecule has 164 valence electrons. The Balaban J connectivity index is 1.30. The van der Waals surface area contributed by atoms with Crippen LogP contribution in [-0.2, 0) is 11.3 Å². The molecule has 0 aliphatic carbocycles. The van der Waals surface area contributed by atoms with Gasteiger partial charge in [0.15, 0.2) is 0 Å². The van der Waals surface area contributed by atoms with Crippen molar-refractivity contribution in [3.05, 3.63) is 88.5 Å². The number of anilines is 1. The van der Waals surface area contributed by atoms with Crippen molar-refractivity contribution in [3.8, 4) is 22.5 Å². The van der Waals surface area contributed by atoms with Crippen molar-refractivity contribution in [1.29, 1.82) is 0 Å². The molecule has 2 N–H and O–H groups in total. The van der Waals surface area contributed by atoms with Gasteiger partial charge in [-0.3, -0.25) is 14.2 Å². The molecule has 3 heterocycles. The molecule has 0 spiro atoms. The van der Waals surface area contributed by atoms with Crippen molar-refractivity contribution in [1.82, 2.24) is 19.5 Å². The SMILES string of the molecule is Cc1ccc(-c2csc3ncn(CCC(=O)Nc4ccc(-c5ncc[nH]5)cc4)c(=O)c23)cc1. The minimum Gasteiger partial charge on any atom is -0.345 e. The van der Waals surface area contributed by atoms with E-state index < -0.39 is 0 Å². The van der Waals surface area contributed by atoms with Crippen LogP contribution in [0.2, 0.25) is 0 Å². The van der Waals surface area contributed by atoms with Gasteiger partial charge in [-0.05, 0) is 36.8 Å². The van der Waals surface area contributed by atoms with E-state index in [1.807, 2.05) is 60.8 Å². The highest BCUT2D eigenvalue weighted by atomic mass is 32.1. The van der Waals surface area contributed by atoms with Crippen LogP contribution in [-0.4, -0.2) is 25.4 Å². The topological polar surface area (TPSA) is 92.7 Å². The Hall–Kier alpha value is -4.04. The van der Waals surface area contributed by atoms with Crippen LogP contribution in [0.1, 0.15) is 12.0 Å². The third-order valence-electron chi connectivity index (χ3n) is 5.44. The monoisotopic (exact) mass is 455 g/mol. The fourth-order valence-corrected chi connectivity index (χ4v) is 4.56. The van der Waals surface area contributed by atoms with E-state index in [-0.39, 0.29) is 24.4 Å². The number of carbonyl (C=O) groups excluding carboxylic acids is 1. The van der Waals surface area contributed by atoms with E-state index in [2.05, 4.69) is 20.3 Å². The van der Waals surface area contributed by atoms with E-state index in [9.17, 15) is 9.59 Å². The summed E-state index contributed by atoms with van der Waals surface area (Å²) in [6.45, 7) is 2.28. The zero-order valence-electron chi connectivity index (χ0n) is 17.9. The van der Waals surface area contributed by atoms with Crippen LogP contribution in [0.3, 0.4) is 0 Å². The van der Waals surface area contributed by atoms with Gasteiger partial charge in [-0.2, -0.15) is 0 Å². The van der Waals surface area contributed by atoms with E-state index >= 15 is 0 Å². The summed E-state index contributed by atoms with van der Waals surface area (Å²) in [7, 11) is 0. The van der Waals surface area contributed by atoms with Crippen LogP contribution in [0.25, 0.3) is 32.7 Å². The molecule has 7 nitrogen and oxygen atoms in total. The second-order valence-electron chi connectivity index (χ2n) is 7.75. The molecule has 3 aromatic heterocycles. The normalized spacial score (nSPS) is 11.1. The van der Waals surface area contributed by atoms with Crippen molar-refractivity contribution in [3.63, 3.8) is 0 Å². The van der Waals surface area contributed by atoms with Crippen molar-refractivity contribution in [2.45, 2.75) is 19.9 Å². The average molecular weight is 456 g/mol. The second kappa shape index (κ2) is 8.84. The van der Waals surface area contributed by atoms with Gasteiger partial charge in [-0.1, -0.05) is 29.8 Å². The lowest BCUT2D eigenvalue weighted by Gasteiger charge is -2.08. The first-order chi connectivity index (χ1) is 16.1. The predicted molar refractivity (Wildman–Crippen MR) is 131 cm³/mol. The summed E-state index contributed by atoms with van der Waals surface area (Å²) in [6, 6.07) is 15.5. The van der Waals surface area contributed by atoms with E-state index in [1.54, 1.807) is 12.4 Å². The second-order valence-corrected chi connectivity index (χ2v) is 8.61. The van der Waals surface area contributed by atoms with Gasteiger partial charge in [0.1, 0.15) is 10.7 Å². The first-order valence-electron chi connectivity index (χ1n) is 10.5. The van der Waals surface area contributed by atoms with Gasteiger partial charge in [-0.25, -0.2) is 9.97 Å². The summed E-state index contributed by atoms with van der Waals surface area (Å²) in [5.74, 6) is 0.602. The van der Waals surface area contributed by atoms with Gasteiger partial charge in [-0.15, -0.1) is 11.3 Å². The molecule has 0 radical (unpaired) electrons. The van der Waals surface area contributed by atoms with Crippen LogP contribution >= 0.6 is 11.3 Å². The van der Waals surface area contributed by atoms with E-state index in [1.165, 1.54) is 22.2 Å². The standard InChI is InChI=1S/C25H21N5O2S/c1-16-2-4-17(5-3-16)20-14-33-24-22(20)25(32)30(15-28-24)13-10-21(31)29-19-8-6-18(7-9-19)23-26-11-12-27-23/h2-9,11-12,14-15H,10,13H2,1H3,(H,26,27)(H,29,31).